The fourth-order valence-electron chi connectivity index (χ4n) is 2.91. The number of aromatic nitrogens is 2. The molecule has 1 heterocycles. The summed E-state index contributed by atoms with van der Waals surface area (Å²) in [6.45, 7) is 3.88. The van der Waals surface area contributed by atoms with Gasteiger partial charge in [-0.1, -0.05) is 29.8 Å². The average molecular weight is 378 g/mol. The van der Waals surface area contributed by atoms with Crippen molar-refractivity contribution in [2.45, 2.75) is 33.1 Å². The molecule has 7 nitrogen and oxygen atoms in total. The topological polar surface area (TPSA) is 90.1 Å². The fourth-order valence-corrected chi connectivity index (χ4v) is 2.91. The standard InChI is InChI=1S/C21H22N4O3/c1-15-6-8-17(9-7-15)4-3-5-21(26)22-20-14-16(2)23-24(20)18-10-12-19(13-11-18)25(27)28/h6-14H,3-5H2,1-2H3,(H,22,26). The van der Waals surface area contributed by atoms with Gasteiger partial charge in [0.15, 0.2) is 0 Å². The van der Waals surface area contributed by atoms with Crippen molar-refractivity contribution in [3.05, 3.63) is 81.5 Å². The number of carbonyl (C=O) groups is 1. The van der Waals surface area contributed by atoms with Crippen molar-refractivity contribution in [3.63, 3.8) is 0 Å². The van der Waals surface area contributed by atoms with Gasteiger partial charge in [-0.15, -0.1) is 0 Å². The van der Waals surface area contributed by atoms with Crippen LogP contribution in [0, 0.1) is 24.0 Å². The third-order valence-corrected chi connectivity index (χ3v) is 4.39. The maximum absolute atomic E-state index is 12.4. The lowest BCUT2D eigenvalue weighted by atomic mass is 10.1. The highest BCUT2D eigenvalue weighted by Crippen LogP contribution is 2.20. The van der Waals surface area contributed by atoms with E-state index in [0.717, 1.165) is 18.5 Å². The molecular formula is C21H22N4O3. The fraction of sp³-hybridized carbons (Fsp3) is 0.238. The van der Waals surface area contributed by atoms with Crippen LogP contribution >= 0.6 is 0 Å². The average Bonchev–Trinajstić information content (AvgIpc) is 3.03. The number of nitrogens with zero attached hydrogens (tertiary/aromatic N) is 3. The van der Waals surface area contributed by atoms with Gasteiger partial charge in [0.25, 0.3) is 5.69 Å². The van der Waals surface area contributed by atoms with Gasteiger partial charge in [-0.25, -0.2) is 4.68 Å². The summed E-state index contributed by atoms with van der Waals surface area (Å²) in [5, 5.41) is 18.1. The summed E-state index contributed by atoms with van der Waals surface area (Å²) >= 11 is 0. The number of nitrogens with one attached hydrogen (secondary N) is 1. The highest BCUT2D eigenvalue weighted by Gasteiger charge is 2.12. The largest absolute Gasteiger partial charge is 0.311 e. The molecular weight excluding hydrogens is 356 g/mol. The van der Waals surface area contributed by atoms with Crippen LogP contribution in [-0.2, 0) is 11.2 Å². The Kier molecular flexibility index (Phi) is 5.84. The molecule has 3 rings (SSSR count). The molecule has 0 saturated heterocycles. The molecule has 2 aromatic carbocycles. The normalized spacial score (nSPS) is 10.6. The molecule has 0 unspecified atom stereocenters. The first-order chi connectivity index (χ1) is 13.4. The molecule has 0 aliphatic carbocycles. The summed E-state index contributed by atoms with van der Waals surface area (Å²) in [5.41, 5.74) is 3.83. The number of aryl methyl sites for hydroxylation is 3. The Morgan fingerprint density at radius 1 is 1.11 bits per heavy atom. The van der Waals surface area contributed by atoms with Gasteiger partial charge in [0, 0.05) is 24.6 Å². The molecule has 1 N–H and O–H groups in total. The lowest BCUT2D eigenvalue weighted by Crippen LogP contribution is -2.15. The second kappa shape index (κ2) is 8.47. The monoisotopic (exact) mass is 378 g/mol. The van der Waals surface area contributed by atoms with Crippen LogP contribution in [0.2, 0.25) is 0 Å². The van der Waals surface area contributed by atoms with Crippen LogP contribution in [0.4, 0.5) is 11.5 Å². The number of rotatable bonds is 7. The molecule has 0 aliphatic rings. The predicted molar refractivity (Wildman–Crippen MR) is 108 cm³/mol. The zero-order valence-electron chi connectivity index (χ0n) is 15.9. The molecule has 144 valence electrons. The summed E-state index contributed by atoms with van der Waals surface area (Å²) in [7, 11) is 0. The minimum absolute atomic E-state index is 0.00863. The van der Waals surface area contributed by atoms with E-state index in [1.165, 1.54) is 23.3 Å². The van der Waals surface area contributed by atoms with Crippen molar-refractivity contribution in [2.75, 3.05) is 5.32 Å². The predicted octanol–water partition coefficient (Wildman–Crippen LogP) is 4.36. The summed E-state index contributed by atoms with van der Waals surface area (Å²) in [6.07, 6.45) is 1.99. The van der Waals surface area contributed by atoms with E-state index in [1.807, 2.05) is 13.8 Å². The molecule has 0 atom stereocenters. The summed E-state index contributed by atoms with van der Waals surface area (Å²) in [5.74, 6) is 0.460. The molecule has 7 heteroatoms. The van der Waals surface area contributed by atoms with Crippen molar-refractivity contribution in [1.82, 2.24) is 9.78 Å². The summed E-state index contributed by atoms with van der Waals surface area (Å²) in [6, 6.07) is 16.1. The van der Waals surface area contributed by atoms with Crippen molar-refractivity contribution in [2.24, 2.45) is 0 Å². The van der Waals surface area contributed by atoms with E-state index in [0.29, 0.717) is 17.9 Å². The van der Waals surface area contributed by atoms with E-state index >= 15 is 0 Å². The first-order valence-electron chi connectivity index (χ1n) is 9.09. The van der Waals surface area contributed by atoms with Gasteiger partial charge in [0.05, 0.1) is 16.3 Å². The van der Waals surface area contributed by atoms with E-state index in [1.54, 1.807) is 22.9 Å². The number of hydrogen-bond donors (Lipinski definition) is 1. The van der Waals surface area contributed by atoms with Gasteiger partial charge >= 0.3 is 0 Å². The quantitative estimate of drug-likeness (QED) is 0.488. The van der Waals surface area contributed by atoms with E-state index in [4.69, 9.17) is 0 Å². The molecule has 1 aromatic heterocycles. The van der Waals surface area contributed by atoms with Gasteiger partial charge in [0.2, 0.25) is 5.91 Å². The van der Waals surface area contributed by atoms with Crippen molar-refractivity contribution in [3.8, 4) is 5.69 Å². The maximum atomic E-state index is 12.4. The zero-order valence-corrected chi connectivity index (χ0v) is 15.9. The van der Waals surface area contributed by atoms with Gasteiger partial charge in [0.1, 0.15) is 5.82 Å². The first kappa shape index (κ1) is 19.3. The third-order valence-electron chi connectivity index (χ3n) is 4.39. The number of anilines is 1. The van der Waals surface area contributed by atoms with Crippen LogP contribution in [0.3, 0.4) is 0 Å². The number of carbonyl (C=O) groups excluding carboxylic acids is 1. The summed E-state index contributed by atoms with van der Waals surface area (Å²) < 4.78 is 1.58. The van der Waals surface area contributed by atoms with Crippen LogP contribution in [0.1, 0.15) is 29.7 Å². The van der Waals surface area contributed by atoms with E-state index in [9.17, 15) is 14.9 Å². The molecule has 3 aromatic rings. The highest BCUT2D eigenvalue weighted by atomic mass is 16.6. The molecule has 0 saturated carbocycles. The van der Waals surface area contributed by atoms with Crippen LogP contribution in [0.25, 0.3) is 5.69 Å². The van der Waals surface area contributed by atoms with E-state index < -0.39 is 4.92 Å². The molecule has 28 heavy (non-hydrogen) atoms. The second-order valence-corrected chi connectivity index (χ2v) is 6.74. The molecule has 0 bridgehead atoms. The Balaban J connectivity index is 1.63. The van der Waals surface area contributed by atoms with Crippen molar-refractivity contribution in [1.29, 1.82) is 0 Å². The van der Waals surface area contributed by atoms with Crippen molar-refractivity contribution >= 4 is 17.4 Å². The minimum atomic E-state index is -0.450. The minimum Gasteiger partial charge on any atom is -0.311 e. The Bertz CT molecular complexity index is 976. The van der Waals surface area contributed by atoms with Crippen LogP contribution < -0.4 is 5.32 Å². The van der Waals surface area contributed by atoms with Crippen LogP contribution in [0.5, 0.6) is 0 Å². The Morgan fingerprint density at radius 3 is 2.43 bits per heavy atom. The summed E-state index contributed by atoms with van der Waals surface area (Å²) in [4.78, 5) is 22.7. The van der Waals surface area contributed by atoms with Gasteiger partial charge < -0.3 is 5.32 Å². The molecule has 0 radical (unpaired) electrons. The number of nitro groups is 1. The number of nitro benzene ring substituents is 1. The van der Waals surface area contributed by atoms with Crippen LogP contribution in [-0.4, -0.2) is 20.6 Å². The number of amides is 1. The van der Waals surface area contributed by atoms with Crippen molar-refractivity contribution < 1.29 is 9.72 Å². The number of hydrogen-bond acceptors (Lipinski definition) is 4. The highest BCUT2D eigenvalue weighted by molar-refractivity contribution is 5.90. The molecule has 0 spiro atoms. The zero-order chi connectivity index (χ0) is 20.1. The molecule has 0 aliphatic heterocycles. The van der Waals surface area contributed by atoms with Gasteiger partial charge in [-0.2, -0.15) is 5.10 Å². The lowest BCUT2D eigenvalue weighted by molar-refractivity contribution is -0.384. The number of non-ortho nitro benzene ring substituents is 1. The van der Waals surface area contributed by atoms with Gasteiger partial charge in [-0.05, 0) is 44.4 Å². The molecule has 0 fully saturated rings. The van der Waals surface area contributed by atoms with E-state index in [-0.39, 0.29) is 11.6 Å². The Morgan fingerprint density at radius 2 is 1.79 bits per heavy atom. The molecule has 1 amide bonds. The van der Waals surface area contributed by atoms with Gasteiger partial charge in [-0.3, -0.25) is 14.9 Å². The smallest absolute Gasteiger partial charge is 0.269 e. The number of benzene rings is 2. The SMILES string of the molecule is Cc1ccc(CCCC(=O)Nc2cc(C)nn2-c2ccc([N+](=O)[O-])cc2)cc1. The van der Waals surface area contributed by atoms with Crippen LogP contribution in [0.15, 0.2) is 54.6 Å². The maximum Gasteiger partial charge on any atom is 0.269 e. The first-order valence-corrected chi connectivity index (χ1v) is 9.09. The van der Waals surface area contributed by atoms with E-state index in [2.05, 4.69) is 34.7 Å². The third kappa shape index (κ3) is 4.82. The second-order valence-electron chi connectivity index (χ2n) is 6.74. The lowest BCUT2D eigenvalue weighted by Gasteiger charge is -2.09. The Hall–Kier alpha value is -3.48. The Labute approximate surface area is 163 Å².